The SMILES string of the molecule is CC(C)(C)c1cc(-c2ccc3c(c2)B2c4ccc(-c5cc(C(C)(C)C)cc(C(C)(C)C)c5)cc4N(c4c(-c5ccccc5)cc(C(C)(C)C)cc4-c4ccccc4)c4cc(-n5c6ccc(C(C)(C)C)cc6c6cc(C(C)(C)C)ccc65)cc(c42)C32c3ccccc3Sc3ccccc32)cc(C(C)(C)C)c1. The van der Waals surface area contributed by atoms with Gasteiger partial charge < -0.3 is 9.47 Å². The fraction of sp³-hybridized carbons (Fsp3) is 0.287. The lowest BCUT2D eigenvalue weighted by Crippen LogP contribution is -2.65. The van der Waals surface area contributed by atoms with Crippen LogP contribution in [0.2, 0.25) is 0 Å². The summed E-state index contributed by atoms with van der Waals surface area (Å²) in [5.74, 6) is 0. The molecule has 2 nitrogen and oxygen atoms in total. The Kier molecular flexibility index (Phi) is 16.2. The molecule has 3 aliphatic heterocycles. The van der Waals surface area contributed by atoms with Gasteiger partial charge in [-0.2, -0.15) is 0 Å². The molecule has 16 rings (SSSR count). The molecule has 1 aromatic heterocycles. The first-order valence-corrected chi connectivity index (χ1v) is 39.1. The van der Waals surface area contributed by atoms with E-state index in [2.05, 4.69) is 398 Å². The van der Waals surface area contributed by atoms with Crippen LogP contribution in [0.5, 0.6) is 0 Å². The number of hydrogen-bond acceptors (Lipinski definition) is 2. The minimum Gasteiger partial charge on any atom is -0.310 e. The van der Waals surface area contributed by atoms with Crippen LogP contribution in [0.4, 0.5) is 17.1 Å². The zero-order chi connectivity index (χ0) is 74.2. The standard InChI is InChI=1S/C101H103BN2S/c1-94(2,3)68-42-46-86-78(56-68)79-57-69(95(4,5)6)43-47-87(79)103(86)75-60-83-92-89(61-75)104(93-76(62-32-24-22-25-33-62)58-74(100(19,20)21)59-77(93)63-34-26-23-27-35-63)88-53-65(67-50-72(98(13,14)15)55-73(51-67)99(16,17)18)41-45-84(88)102(92)85-52-64(66-48-70(96(7,8)9)54-71(49-66)97(10,11)12)40-44-80(85)101(83)81-36-28-30-38-90(81)105-91-39-31-29-37-82(91)101/h22-61H,1-21H3. The van der Waals surface area contributed by atoms with Gasteiger partial charge in [-0.05, 0) is 210 Å². The van der Waals surface area contributed by atoms with E-state index in [0.717, 1.165) is 11.4 Å². The average molecular weight is 1390 g/mol. The largest absolute Gasteiger partial charge is 0.310 e. The Morgan fingerprint density at radius 1 is 0.286 bits per heavy atom. The molecule has 13 aromatic rings. The normalized spacial score (nSPS) is 14.3. The van der Waals surface area contributed by atoms with Crippen molar-refractivity contribution < 1.29 is 0 Å². The maximum atomic E-state index is 2.80. The number of anilines is 3. The highest BCUT2D eigenvalue weighted by Gasteiger charge is 2.55. The maximum Gasteiger partial charge on any atom is 0.247 e. The van der Waals surface area contributed by atoms with Crippen LogP contribution in [-0.4, -0.2) is 11.3 Å². The average Bonchev–Trinajstić information content (AvgIpc) is 1.30. The predicted molar refractivity (Wildman–Crippen MR) is 455 cm³/mol. The van der Waals surface area contributed by atoms with E-state index in [4.69, 9.17) is 0 Å². The highest BCUT2D eigenvalue weighted by atomic mass is 32.2. The number of aromatic nitrogens is 1. The Morgan fingerprint density at radius 3 is 1.14 bits per heavy atom. The Bertz CT molecular complexity index is 5430. The third-order valence-electron chi connectivity index (χ3n) is 23.3. The number of benzene rings is 12. The van der Waals surface area contributed by atoms with Crippen LogP contribution in [0.25, 0.3) is 72.0 Å². The van der Waals surface area contributed by atoms with Crippen molar-refractivity contribution in [1.29, 1.82) is 0 Å². The lowest BCUT2D eigenvalue weighted by molar-refractivity contribution is 0.568. The Labute approximate surface area is 631 Å². The summed E-state index contributed by atoms with van der Waals surface area (Å²) in [4.78, 5) is 5.35. The predicted octanol–water partition coefficient (Wildman–Crippen LogP) is 26.0. The highest BCUT2D eigenvalue weighted by Crippen LogP contribution is 2.60. The van der Waals surface area contributed by atoms with E-state index >= 15 is 0 Å². The summed E-state index contributed by atoms with van der Waals surface area (Å²) in [7, 11) is 0. The third kappa shape index (κ3) is 11.8. The van der Waals surface area contributed by atoms with Gasteiger partial charge in [0.1, 0.15) is 0 Å². The van der Waals surface area contributed by atoms with E-state index in [1.54, 1.807) is 0 Å². The minimum atomic E-state index is -0.815. The van der Waals surface area contributed by atoms with Gasteiger partial charge >= 0.3 is 0 Å². The molecule has 1 spiro atoms. The number of fused-ring (bicyclic) bond motifs is 13. The monoisotopic (exact) mass is 1390 g/mol. The van der Waals surface area contributed by atoms with Crippen molar-refractivity contribution >= 4 is 73.7 Å². The van der Waals surface area contributed by atoms with Gasteiger partial charge in [-0.1, -0.05) is 339 Å². The van der Waals surface area contributed by atoms with Crippen molar-refractivity contribution in [2.45, 2.75) is 199 Å². The van der Waals surface area contributed by atoms with Gasteiger partial charge in [0, 0.05) is 48.8 Å². The molecule has 0 saturated carbocycles. The van der Waals surface area contributed by atoms with E-state index < -0.39 is 5.41 Å². The zero-order valence-electron chi connectivity index (χ0n) is 66.0. The lowest BCUT2D eigenvalue weighted by atomic mass is 9.29. The van der Waals surface area contributed by atoms with Gasteiger partial charge in [0.25, 0.3) is 0 Å². The van der Waals surface area contributed by atoms with Crippen LogP contribution in [-0.2, 0) is 43.3 Å². The Hall–Kier alpha value is -9.35. The number of hydrogen-bond donors (Lipinski definition) is 0. The van der Waals surface area contributed by atoms with Crippen molar-refractivity contribution in [2.75, 3.05) is 4.90 Å². The Morgan fingerprint density at radius 2 is 0.695 bits per heavy atom. The van der Waals surface area contributed by atoms with Crippen LogP contribution in [0, 0.1) is 0 Å². The summed E-state index contributed by atoms with van der Waals surface area (Å²) >= 11 is 1.92. The molecule has 0 aliphatic carbocycles. The molecule has 0 amide bonds. The van der Waals surface area contributed by atoms with Gasteiger partial charge in [0.2, 0.25) is 6.71 Å². The molecule has 0 radical (unpaired) electrons. The molecule has 12 aromatic carbocycles. The number of nitrogens with zero attached hydrogens (tertiary/aromatic N) is 2. The molecule has 3 aliphatic rings. The third-order valence-corrected chi connectivity index (χ3v) is 24.5. The first kappa shape index (κ1) is 70.0. The van der Waals surface area contributed by atoms with Crippen LogP contribution >= 0.6 is 11.8 Å². The molecule has 526 valence electrons. The lowest BCUT2D eigenvalue weighted by Gasteiger charge is -2.51. The van der Waals surface area contributed by atoms with E-state index in [1.165, 1.54) is 165 Å². The molecule has 0 bridgehead atoms. The molecule has 0 saturated heterocycles. The van der Waals surface area contributed by atoms with E-state index in [9.17, 15) is 0 Å². The molecular formula is C101H103BN2S. The first-order valence-electron chi connectivity index (χ1n) is 38.3. The molecule has 4 heteroatoms. The van der Waals surface area contributed by atoms with E-state index in [1.807, 2.05) is 11.8 Å². The smallest absolute Gasteiger partial charge is 0.247 e. The summed E-state index contributed by atoms with van der Waals surface area (Å²) in [5.41, 5.74) is 33.6. The summed E-state index contributed by atoms with van der Waals surface area (Å²) < 4.78 is 2.65. The van der Waals surface area contributed by atoms with Crippen molar-refractivity contribution in [1.82, 2.24) is 4.57 Å². The zero-order valence-corrected chi connectivity index (χ0v) is 66.8. The minimum absolute atomic E-state index is 0.0798. The van der Waals surface area contributed by atoms with E-state index in [0.29, 0.717) is 0 Å². The molecule has 105 heavy (non-hydrogen) atoms. The second-order valence-corrected chi connectivity index (χ2v) is 39.0. The van der Waals surface area contributed by atoms with Crippen molar-refractivity contribution in [3.8, 4) is 50.2 Å². The van der Waals surface area contributed by atoms with Crippen LogP contribution < -0.4 is 21.3 Å². The molecule has 0 N–H and O–H groups in total. The van der Waals surface area contributed by atoms with Crippen LogP contribution in [0.3, 0.4) is 0 Å². The molecule has 4 heterocycles. The highest BCUT2D eigenvalue weighted by molar-refractivity contribution is 7.99. The van der Waals surface area contributed by atoms with Gasteiger partial charge in [-0.3, -0.25) is 0 Å². The van der Waals surface area contributed by atoms with Crippen molar-refractivity contribution in [2.24, 2.45) is 0 Å². The Balaban J connectivity index is 1.15. The van der Waals surface area contributed by atoms with Crippen LogP contribution in [0.1, 0.15) is 207 Å². The quantitative estimate of drug-likeness (QED) is 0.153. The second kappa shape index (κ2) is 24.3. The van der Waals surface area contributed by atoms with Crippen molar-refractivity contribution in [3.63, 3.8) is 0 Å². The molecule has 0 fully saturated rings. The van der Waals surface area contributed by atoms with Gasteiger partial charge in [0.05, 0.1) is 22.1 Å². The molecule has 0 atom stereocenters. The molecule has 0 unspecified atom stereocenters. The van der Waals surface area contributed by atoms with Gasteiger partial charge in [-0.15, -0.1) is 0 Å². The topological polar surface area (TPSA) is 8.17 Å². The van der Waals surface area contributed by atoms with Gasteiger partial charge in [0.15, 0.2) is 0 Å². The summed E-state index contributed by atoms with van der Waals surface area (Å²) in [6, 6.07) is 97.0. The maximum absolute atomic E-state index is 2.80. The second-order valence-electron chi connectivity index (χ2n) is 37.9. The fourth-order valence-electron chi connectivity index (χ4n) is 17.1. The summed E-state index contributed by atoms with van der Waals surface area (Å²) in [5, 5.41) is 2.54. The fourth-order valence-corrected chi connectivity index (χ4v) is 18.3. The van der Waals surface area contributed by atoms with Crippen molar-refractivity contribution in [3.05, 3.63) is 304 Å². The summed E-state index contributed by atoms with van der Waals surface area (Å²) in [6.45, 7) is 49.5. The van der Waals surface area contributed by atoms with Crippen LogP contribution in [0.15, 0.2) is 252 Å². The summed E-state index contributed by atoms with van der Waals surface area (Å²) in [6.07, 6.45) is 0. The first-order chi connectivity index (χ1) is 49.5. The van der Waals surface area contributed by atoms with E-state index in [-0.39, 0.29) is 44.6 Å². The number of rotatable bonds is 6. The molecular weight excluding hydrogens is 1280 g/mol. The van der Waals surface area contributed by atoms with Gasteiger partial charge in [-0.25, -0.2) is 0 Å².